The third kappa shape index (κ3) is 3.95. The third-order valence-corrected chi connectivity index (χ3v) is 5.15. The molecule has 4 rings (SSSR count). The number of fused-ring (bicyclic) bond motifs is 1. The van der Waals surface area contributed by atoms with E-state index in [2.05, 4.69) is 15.5 Å². The lowest BCUT2D eigenvalue weighted by molar-refractivity contribution is 0.0909. The fourth-order valence-corrected chi connectivity index (χ4v) is 3.55. The molecule has 1 amide bonds. The van der Waals surface area contributed by atoms with Gasteiger partial charge in [-0.05, 0) is 31.2 Å². The van der Waals surface area contributed by atoms with Gasteiger partial charge in [0.1, 0.15) is 11.6 Å². The first-order chi connectivity index (χ1) is 14.4. The van der Waals surface area contributed by atoms with Crippen molar-refractivity contribution < 1.29 is 22.4 Å². The van der Waals surface area contributed by atoms with Gasteiger partial charge in [0, 0.05) is 38.2 Å². The predicted octanol–water partition coefficient (Wildman–Crippen LogP) is 2.84. The van der Waals surface area contributed by atoms with Crippen LogP contribution in [0, 0.1) is 17.5 Å². The van der Waals surface area contributed by atoms with Crippen LogP contribution in [0.5, 0.6) is 0 Å². The quantitative estimate of drug-likeness (QED) is 0.644. The summed E-state index contributed by atoms with van der Waals surface area (Å²) in [6.45, 7) is 3.16. The van der Waals surface area contributed by atoms with Crippen molar-refractivity contribution in [2.75, 3.05) is 13.1 Å². The minimum atomic E-state index is -1.16. The summed E-state index contributed by atoms with van der Waals surface area (Å²) >= 11 is 0. The van der Waals surface area contributed by atoms with Crippen LogP contribution < -0.4 is 5.32 Å². The van der Waals surface area contributed by atoms with Gasteiger partial charge < -0.3 is 14.3 Å². The molecule has 0 saturated heterocycles. The summed E-state index contributed by atoms with van der Waals surface area (Å²) < 4.78 is 48.5. The monoisotopic (exact) mass is 419 g/mol. The maximum absolute atomic E-state index is 14.0. The zero-order chi connectivity index (χ0) is 21.3. The minimum Gasteiger partial charge on any atom is -0.459 e. The molecule has 1 N–H and O–H groups in total. The first kappa shape index (κ1) is 20.1. The average molecular weight is 419 g/mol. The van der Waals surface area contributed by atoms with Gasteiger partial charge in [0.15, 0.2) is 23.2 Å². The van der Waals surface area contributed by atoms with Crippen molar-refractivity contribution in [3.05, 3.63) is 71.0 Å². The van der Waals surface area contributed by atoms with E-state index in [0.29, 0.717) is 37.7 Å². The Labute approximate surface area is 170 Å². The molecule has 158 valence electrons. The molecule has 1 aliphatic rings. The Morgan fingerprint density at radius 3 is 2.73 bits per heavy atom. The van der Waals surface area contributed by atoms with Crippen LogP contribution in [-0.4, -0.2) is 38.7 Å². The van der Waals surface area contributed by atoms with Crippen LogP contribution in [0.25, 0.3) is 0 Å². The molecule has 2 aromatic heterocycles. The van der Waals surface area contributed by atoms with Crippen molar-refractivity contribution in [1.82, 2.24) is 25.0 Å². The zero-order valence-corrected chi connectivity index (χ0v) is 16.2. The molecule has 1 atom stereocenters. The maximum Gasteiger partial charge on any atom is 0.287 e. The fraction of sp³-hybridized carbons (Fsp3) is 0.350. The van der Waals surface area contributed by atoms with Gasteiger partial charge in [0.05, 0.1) is 12.3 Å². The summed E-state index contributed by atoms with van der Waals surface area (Å²) in [5.74, 6) is -1.87. The molecular formula is C20H20F3N5O2. The Hall–Kier alpha value is -3.14. The molecule has 3 heterocycles. The predicted molar refractivity (Wildman–Crippen MR) is 99.9 cm³/mol. The van der Waals surface area contributed by atoms with E-state index >= 15 is 0 Å². The molecule has 0 aliphatic carbocycles. The molecule has 10 heteroatoms. The maximum atomic E-state index is 14.0. The van der Waals surface area contributed by atoms with Crippen LogP contribution in [0.4, 0.5) is 13.2 Å². The smallest absolute Gasteiger partial charge is 0.287 e. The van der Waals surface area contributed by atoms with E-state index in [1.165, 1.54) is 6.26 Å². The Bertz CT molecular complexity index is 1050. The van der Waals surface area contributed by atoms with E-state index in [-0.39, 0.29) is 23.8 Å². The highest BCUT2D eigenvalue weighted by molar-refractivity contribution is 5.91. The molecule has 0 radical (unpaired) electrons. The van der Waals surface area contributed by atoms with Gasteiger partial charge in [0.25, 0.3) is 5.91 Å². The van der Waals surface area contributed by atoms with E-state index in [0.717, 1.165) is 12.1 Å². The van der Waals surface area contributed by atoms with Crippen molar-refractivity contribution in [2.45, 2.75) is 32.5 Å². The van der Waals surface area contributed by atoms with Crippen LogP contribution in [0.2, 0.25) is 0 Å². The third-order valence-electron chi connectivity index (χ3n) is 5.15. The van der Waals surface area contributed by atoms with Crippen molar-refractivity contribution in [3.8, 4) is 0 Å². The molecule has 1 aromatic carbocycles. The van der Waals surface area contributed by atoms with E-state index in [1.54, 1.807) is 19.1 Å². The summed E-state index contributed by atoms with van der Waals surface area (Å²) in [6, 6.07) is 4.48. The Kier molecular flexibility index (Phi) is 5.58. The van der Waals surface area contributed by atoms with Gasteiger partial charge in [-0.2, -0.15) is 0 Å². The van der Waals surface area contributed by atoms with Crippen LogP contribution in [-0.2, 0) is 19.5 Å². The second kappa shape index (κ2) is 8.31. The SMILES string of the molecule is C[C@@H](NC(=O)c1ccco1)c1nnc2n1CCN(Cc1c(F)ccc(F)c1F)CC2. The lowest BCUT2D eigenvalue weighted by atomic mass is 10.1. The van der Waals surface area contributed by atoms with Crippen molar-refractivity contribution in [1.29, 1.82) is 0 Å². The number of rotatable bonds is 5. The second-order valence-electron chi connectivity index (χ2n) is 7.15. The Balaban J connectivity index is 1.45. The van der Waals surface area contributed by atoms with Gasteiger partial charge in [-0.15, -0.1) is 10.2 Å². The van der Waals surface area contributed by atoms with E-state index in [1.807, 2.05) is 9.47 Å². The number of benzene rings is 1. The summed E-state index contributed by atoms with van der Waals surface area (Å²) in [6.07, 6.45) is 1.92. The van der Waals surface area contributed by atoms with Gasteiger partial charge >= 0.3 is 0 Å². The molecule has 0 fully saturated rings. The van der Waals surface area contributed by atoms with Crippen LogP contribution >= 0.6 is 0 Å². The largest absolute Gasteiger partial charge is 0.459 e. The summed E-state index contributed by atoms with van der Waals surface area (Å²) in [5, 5.41) is 11.2. The number of amides is 1. The number of nitrogens with zero attached hydrogens (tertiary/aromatic N) is 4. The number of hydrogen-bond acceptors (Lipinski definition) is 5. The highest BCUT2D eigenvalue weighted by atomic mass is 19.2. The number of carbonyl (C=O) groups excluding carboxylic acids is 1. The summed E-state index contributed by atoms with van der Waals surface area (Å²) in [7, 11) is 0. The lowest BCUT2D eigenvalue weighted by Crippen LogP contribution is -2.30. The first-order valence-electron chi connectivity index (χ1n) is 9.55. The topological polar surface area (TPSA) is 76.2 Å². The Morgan fingerprint density at radius 2 is 1.97 bits per heavy atom. The zero-order valence-electron chi connectivity index (χ0n) is 16.2. The number of halogens is 3. The van der Waals surface area contributed by atoms with Crippen molar-refractivity contribution in [3.63, 3.8) is 0 Å². The molecule has 30 heavy (non-hydrogen) atoms. The first-order valence-corrected chi connectivity index (χ1v) is 9.55. The summed E-state index contributed by atoms with van der Waals surface area (Å²) in [4.78, 5) is 14.1. The number of aromatic nitrogens is 3. The standard InChI is InChI=1S/C20H20F3N5O2/c1-12(24-20(29)16-3-2-10-30-16)19-26-25-17-6-7-27(8-9-28(17)19)11-13-14(21)4-5-15(22)18(13)23/h2-5,10,12H,6-9,11H2,1H3,(H,24,29)/t12-/m1/s1. The molecule has 0 bridgehead atoms. The number of carbonyl (C=O) groups is 1. The normalized spacial score (nSPS) is 15.5. The molecule has 0 saturated carbocycles. The molecule has 1 aliphatic heterocycles. The minimum absolute atomic E-state index is 0.0478. The molecule has 0 spiro atoms. The molecule has 0 unspecified atom stereocenters. The van der Waals surface area contributed by atoms with Crippen molar-refractivity contribution >= 4 is 5.91 Å². The lowest BCUT2D eigenvalue weighted by Gasteiger charge is -2.21. The van der Waals surface area contributed by atoms with E-state index in [4.69, 9.17) is 4.42 Å². The van der Waals surface area contributed by atoms with Gasteiger partial charge in [-0.3, -0.25) is 9.69 Å². The number of hydrogen-bond donors (Lipinski definition) is 1. The van der Waals surface area contributed by atoms with Crippen LogP contribution in [0.3, 0.4) is 0 Å². The summed E-state index contributed by atoms with van der Waals surface area (Å²) in [5.41, 5.74) is -0.285. The van der Waals surface area contributed by atoms with Gasteiger partial charge in [-0.1, -0.05) is 0 Å². The van der Waals surface area contributed by atoms with E-state index in [9.17, 15) is 18.0 Å². The average Bonchev–Trinajstić information content (AvgIpc) is 3.36. The molecule has 7 nitrogen and oxygen atoms in total. The van der Waals surface area contributed by atoms with Crippen LogP contribution in [0.1, 0.15) is 40.7 Å². The van der Waals surface area contributed by atoms with Crippen molar-refractivity contribution in [2.24, 2.45) is 0 Å². The van der Waals surface area contributed by atoms with Gasteiger partial charge in [0.2, 0.25) is 0 Å². The molecular weight excluding hydrogens is 399 g/mol. The second-order valence-corrected chi connectivity index (χ2v) is 7.15. The van der Waals surface area contributed by atoms with Gasteiger partial charge in [-0.25, -0.2) is 13.2 Å². The number of furan rings is 1. The fourth-order valence-electron chi connectivity index (χ4n) is 3.55. The van der Waals surface area contributed by atoms with E-state index < -0.39 is 23.5 Å². The Morgan fingerprint density at radius 1 is 1.17 bits per heavy atom. The molecule has 3 aromatic rings. The highest BCUT2D eigenvalue weighted by Crippen LogP contribution is 2.21. The number of nitrogens with one attached hydrogen (secondary N) is 1. The highest BCUT2D eigenvalue weighted by Gasteiger charge is 2.25. The van der Waals surface area contributed by atoms with Crippen LogP contribution in [0.15, 0.2) is 34.9 Å².